The van der Waals surface area contributed by atoms with Crippen molar-refractivity contribution in [2.45, 2.75) is 13.5 Å². The van der Waals surface area contributed by atoms with Gasteiger partial charge in [0.05, 0.1) is 0 Å². The molecule has 0 saturated heterocycles. The van der Waals surface area contributed by atoms with E-state index in [0.717, 1.165) is 10.6 Å². The van der Waals surface area contributed by atoms with Crippen LogP contribution in [0.25, 0.3) is 10.6 Å². The van der Waals surface area contributed by atoms with Crippen LogP contribution in [0.2, 0.25) is 0 Å². The molecule has 0 saturated carbocycles. The second-order valence-corrected chi connectivity index (χ2v) is 5.07. The molecule has 6 nitrogen and oxygen atoms in total. The number of rotatable bonds is 4. The Morgan fingerprint density at radius 2 is 2.10 bits per heavy atom. The second kappa shape index (κ2) is 5.84. The highest BCUT2D eigenvalue weighted by Crippen LogP contribution is 2.23. The van der Waals surface area contributed by atoms with Crippen molar-refractivity contribution in [2.24, 2.45) is 0 Å². The van der Waals surface area contributed by atoms with Crippen molar-refractivity contribution in [3.63, 3.8) is 0 Å². The molecule has 3 aromatic rings. The predicted molar refractivity (Wildman–Crippen MR) is 75.7 cm³/mol. The molecule has 106 valence electrons. The maximum Gasteiger partial charge on any atom is 0.358 e. The molecule has 0 aliphatic heterocycles. The van der Waals surface area contributed by atoms with E-state index in [0.29, 0.717) is 5.82 Å². The van der Waals surface area contributed by atoms with Crippen LogP contribution in [0, 0.1) is 6.92 Å². The molecule has 0 aliphatic carbocycles. The fourth-order valence-corrected chi connectivity index (χ4v) is 2.48. The number of benzene rings is 1. The van der Waals surface area contributed by atoms with Gasteiger partial charge in [0.15, 0.2) is 18.1 Å². The zero-order valence-corrected chi connectivity index (χ0v) is 12.0. The van der Waals surface area contributed by atoms with Crippen molar-refractivity contribution < 1.29 is 14.1 Å². The van der Waals surface area contributed by atoms with E-state index in [1.807, 2.05) is 30.3 Å². The summed E-state index contributed by atoms with van der Waals surface area (Å²) < 4.78 is 9.95. The van der Waals surface area contributed by atoms with Crippen LogP contribution in [0.3, 0.4) is 0 Å². The highest BCUT2D eigenvalue weighted by molar-refractivity contribution is 7.13. The molecule has 3 rings (SSSR count). The first-order chi connectivity index (χ1) is 10.2. The number of esters is 1. The lowest BCUT2D eigenvalue weighted by atomic mass is 10.2. The number of hydrogen-bond acceptors (Lipinski definition) is 7. The summed E-state index contributed by atoms with van der Waals surface area (Å²) in [6.45, 7) is 1.64. The summed E-state index contributed by atoms with van der Waals surface area (Å²) in [5.74, 6) is 0.254. The Hall–Kier alpha value is -2.54. The monoisotopic (exact) mass is 301 g/mol. The molecule has 0 radical (unpaired) electrons. The highest BCUT2D eigenvalue weighted by atomic mass is 32.1. The van der Waals surface area contributed by atoms with Gasteiger partial charge in [-0.05, 0) is 6.92 Å². The van der Waals surface area contributed by atoms with Gasteiger partial charge in [-0.3, -0.25) is 0 Å². The third-order valence-electron chi connectivity index (χ3n) is 2.63. The summed E-state index contributed by atoms with van der Waals surface area (Å²) in [5.41, 5.74) is 1.24. The first-order valence-electron chi connectivity index (χ1n) is 6.19. The second-order valence-electron chi connectivity index (χ2n) is 4.22. The minimum absolute atomic E-state index is 0.0577. The quantitative estimate of drug-likeness (QED) is 0.689. The third-order valence-corrected chi connectivity index (χ3v) is 3.52. The molecule has 0 atom stereocenters. The van der Waals surface area contributed by atoms with Gasteiger partial charge in [-0.2, -0.15) is 4.98 Å². The van der Waals surface area contributed by atoms with Gasteiger partial charge in [0.1, 0.15) is 5.01 Å². The zero-order valence-electron chi connectivity index (χ0n) is 11.1. The Bertz CT molecular complexity index is 752. The fourth-order valence-electron chi connectivity index (χ4n) is 1.68. The molecule has 1 aromatic carbocycles. The largest absolute Gasteiger partial charge is 0.451 e. The van der Waals surface area contributed by atoms with Crippen molar-refractivity contribution in [1.82, 2.24) is 15.1 Å². The molecule has 0 unspecified atom stereocenters. The maximum absolute atomic E-state index is 11.9. The van der Waals surface area contributed by atoms with E-state index in [1.54, 1.807) is 12.3 Å². The lowest BCUT2D eigenvalue weighted by molar-refractivity contribution is 0.0424. The lowest BCUT2D eigenvalue weighted by Crippen LogP contribution is -2.05. The minimum atomic E-state index is -0.510. The number of nitrogens with zero attached hydrogens (tertiary/aromatic N) is 3. The van der Waals surface area contributed by atoms with Gasteiger partial charge < -0.3 is 9.26 Å². The van der Waals surface area contributed by atoms with Crippen LogP contribution in [0.4, 0.5) is 0 Å². The van der Waals surface area contributed by atoms with Crippen LogP contribution < -0.4 is 0 Å². The summed E-state index contributed by atoms with van der Waals surface area (Å²) in [4.78, 5) is 20.1. The van der Waals surface area contributed by atoms with Crippen LogP contribution in [0.1, 0.15) is 22.2 Å². The molecule has 0 aliphatic rings. The van der Waals surface area contributed by atoms with Crippen molar-refractivity contribution >= 4 is 17.3 Å². The number of aryl methyl sites for hydroxylation is 1. The van der Waals surface area contributed by atoms with E-state index in [1.165, 1.54) is 11.3 Å². The molecule has 0 N–H and O–H groups in total. The highest BCUT2D eigenvalue weighted by Gasteiger charge is 2.14. The predicted octanol–water partition coefficient (Wildman–Crippen LogP) is 2.86. The number of carbonyl (C=O) groups is 1. The first kappa shape index (κ1) is 13.4. The summed E-state index contributed by atoms with van der Waals surface area (Å²) in [6.07, 6.45) is 0. The standard InChI is InChI=1S/C14H11N3O3S/c1-9-15-12(20-17-9)7-19-14(18)11-8-21-13(16-11)10-5-3-2-4-6-10/h2-6,8H,7H2,1H3. The van der Waals surface area contributed by atoms with Gasteiger partial charge in [0.2, 0.25) is 0 Å². The summed E-state index contributed by atoms with van der Waals surface area (Å²) in [5, 5.41) is 6.06. The Morgan fingerprint density at radius 3 is 2.81 bits per heavy atom. The molecular formula is C14H11N3O3S. The molecule has 0 spiro atoms. The first-order valence-corrected chi connectivity index (χ1v) is 7.07. The average molecular weight is 301 g/mol. The van der Waals surface area contributed by atoms with Crippen LogP contribution in [-0.4, -0.2) is 21.1 Å². The number of thiazole rings is 1. The van der Waals surface area contributed by atoms with Crippen LogP contribution >= 0.6 is 11.3 Å². The molecule has 2 aromatic heterocycles. The summed E-state index contributed by atoms with van der Waals surface area (Å²) in [7, 11) is 0. The topological polar surface area (TPSA) is 78.1 Å². The van der Waals surface area contributed by atoms with E-state index in [2.05, 4.69) is 15.1 Å². The Labute approximate surface area is 124 Å². The number of aromatic nitrogens is 3. The molecule has 0 bridgehead atoms. The van der Waals surface area contributed by atoms with E-state index < -0.39 is 5.97 Å². The third kappa shape index (κ3) is 3.14. The number of carbonyl (C=O) groups excluding carboxylic acids is 1. The minimum Gasteiger partial charge on any atom is -0.451 e. The van der Waals surface area contributed by atoms with Crippen LogP contribution in [0.15, 0.2) is 40.2 Å². The van der Waals surface area contributed by atoms with Gasteiger partial charge in [-0.25, -0.2) is 9.78 Å². The van der Waals surface area contributed by atoms with Gasteiger partial charge in [-0.1, -0.05) is 35.5 Å². The van der Waals surface area contributed by atoms with Gasteiger partial charge >= 0.3 is 5.97 Å². The van der Waals surface area contributed by atoms with Gasteiger partial charge in [0.25, 0.3) is 5.89 Å². The SMILES string of the molecule is Cc1noc(COC(=O)c2csc(-c3ccccc3)n2)n1. The van der Waals surface area contributed by atoms with Crippen molar-refractivity contribution in [3.05, 3.63) is 53.1 Å². The molecule has 2 heterocycles. The molecule has 0 amide bonds. The Balaban J connectivity index is 1.67. The molecular weight excluding hydrogens is 290 g/mol. The summed E-state index contributed by atoms with van der Waals surface area (Å²) >= 11 is 1.39. The molecule has 0 fully saturated rings. The lowest BCUT2D eigenvalue weighted by Gasteiger charge is -1.98. The van der Waals surface area contributed by atoms with Crippen LogP contribution in [0.5, 0.6) is 0 Å². The maximum atomic E-state index is 11.9. The van der Waals surface area contributed by atoms with Crippen LogP contribution in [-0.2, 0) is 11.3 Å². The Morgan fingerprint density at radius 1 is 1.29 bits per heavy atom. The van der Waals surface area contributed by atoms with E-state index in [-0.39, 0.29) is 18.2 Å². The normalized spacial score (nSPS) is 10.5. The fraction of sp³-hybridized carbons (Fsp3) is 0.143. The smallest absolute Gasteiger partial charge is 0.358 e. The van der Waals surface area contributed by atoms with E-state index >= 15 is 0 Å². The van der Waals surface area contributed by atoms with Crippen molar-refractivity contribution in [1.29, 1.82) is 0 Å². The molecule has 7 heteroatoms. The zero-order chi connectivity index (χ0) is 14.7. The van der Waals surface area contributed by atoms with Crippen molar-refractivity contribution in [2.75, 3.05) is 0 Å². The molecule has 21 heavy (non-hydrogen) atoms. The van der Waals surface area contributed by atoms with E-state index in [9.17, 15) is 4.79 Å². The number of ether oxygens (including phenoxy) is 1. The van der Waals surface area contributed by atoms with Gasteiger partial charge in [-0.15, -0.1) is 11.3 Å². The van der Waals surface area contributed by atoms with E-state index in [4.69, 9.17) is 9.26 Å². The van der Waals surface area contributed by atoms with Gasteiger partial charge in [0, 0.05) is 10.9 Å². The van der Waals surface area contributed by atoms with Crippen molar-refractivity contribution in [3.8, 4) is 10.6 Å². The Kier molecular flexibility index (Phi) is 3.74. The summed E-state index contributed by atoms with van der Waals surface area (Å²) in [6, 6.07) is 9.66. The average Bonchev–Trinajstić information content (AvgIpc) is 3.15. The number of hydrogen-bond donors (Lipinski definition) is 0.